The van der Waals surface area contributed by atoms with Gasteiger partial charge in [-0.2, -0.15) is 4.31 Å². The van der Waals surface area contributed by atoms with E-state index in [2.05, 4.69) is 4.98 Å². The molecular formula is C21H23N3O4S. The van der Waals surface area contributed by atoms with Crippen molar-refractivity contribution >= 4 is 15.9 Å². The minimum Gasteiger partial charge on any atom is -0.365 e. The first-order valence-corrected chi connectivity index (χ1v) is 11.4. The molecule has 2 aromatic rings. The summed E-state index contributed by atoms with van der Waals surface area (Å²) in [4.78, 5) is 18.7. The molecule has 3 aliphatic rings. The summed E-state index contributed by atoms with van der Waals surface area (Å²) in [5.74, 6) is -0.119. The zero-order valence-corrected chi connectivity index (χ0v) is 16.8. The van der Waals surface area contributed by atoms with E-state index in [0.29, 0.717) is 44.6 Å². The van der Waals surface area contributed by atoms with Gasteiger partial charge in [-0.3, -0.25) is 9.78 Å². The van der Waals surface area contributed by atoms with E-state index in [1.807, 2.05) is 30.3 Å². The van der Waals surface area contributed by atoms with Crippen LogP contribution in [0.1, 0.15) is 22.3 Å². The second-order valence-corrected chi connectivity index (χ2v) is 10.2. The zero-order valence-electron chi connectivity index (χ0n) is 16.0. The number of morpholine rings is 1. The molecule has 3 atom stereocenters. The number of aromatic nitrogens is 1. The number of hydrogen-bond donors (Lipinski definition) is 0. The summed E-state index contributed by atoms with van der Waals surface area (Å²) in [6, 6.07) is 13.3. The molecule has 1 spiro atoms. The molecule has 8 heteroatoms. The van der Waals surface area contributed by atoms with Gasteiger partial charge in [-0.05, 0) is 30.5 Å². The van der Waals surface area contributed by atoms with E-state index >= 15 is 0 Å². The van der Waals surface area contributed by atoms with Crippen molar-refractivity contribution in [3.8, 4) is 0 Å². The van der Waals surface area contributed by atoms with Crippen LogP contribution in [0.4, 0.5) is 0 Å². The summed E-state index contributed by atoms with van der Waals surface area (Å²) in [5.41, 5.74) is 0.785. The van der Waals surface area contributed by atoms with Crippen molar-refractivity contribution in [1.29, 1.82) is 0 Å². The first kappa shape index (κ1) is 18.7. The van der Waals surface area contributed by atoms with Crippen molar-refractivity contribution in [3.63, 3.8) is 0 Å². The Bertz CT molecular complexity index is 1010. The van der Waals surface area contributed by atoms with Gasteiger partial charge in [0.05, 0.1) is 18.2 Å². The van der Waals surface area contributed by atoms with Gasteiger partial charge in [-0.25, -0.2) is 8.42 Å². The molecule has 3 fully saturated rings. The van der Waals surface area contributed by atoms with Crippen LogP contribution in [0.15, 0.2) is 54.9 Å². The SMILES string of the molecule is O=C(c1cccnc1)N1C[C@H]2C[C@H]3[C@](C1)(CN(CCc1ccccc1)S3(=O)=O)O2. The van der Waals surface area contributed by atoms with E-state index in [4.69, 9.17) is 4.74 Å². The van der Waals surface area contributed by atoms with Gasteiger partial charge in [-0.15, -0.1) is 0 Å². The van der Waals surface area contributed by atoms with E-state index in [0.717, 1.165) is 5.56 Å². The second kappa shape index (κ2) is 6.90. The number of sulfonamides is 1. The lowest BCUT2D eigenvalue weighted by Crippen LogP contribution is -2.56. The Balaban J connectivity index is 1.36. The number of pyridine rings is 1. The fraction of sp³-hybridized carbons (Fsp3) is 0.429. The molecule has 1 amide bonds. The number of nitrogens with zero attached hydrogens (tertiary/aromatic N) is 3. The molecule has 4 heterocycles. The molecule has 1 aromatic carbocycles. The molecule has 29 heavy (non-hydrogen) atoms. The summed E-state index contributed by atoms with van der Waals surface area (Å²) in [6.45, 7) is 1.45. The fourth-order valence-electron chi connectivity index (χ4n) is 4.88. The third-order valence-corrected chi connectivity index (χ3v) is 8.57. The van der Waals surface area contributed by atoms with Gasteiger partial charge in [0.1, 0.15) is 10.9 Å². The summed E-state index contributed by atoms with van der Waals surface area (Å²) in [7, 11) is -3.45. The Morgan fingerprint density at radius 2 is 2.00 bits per heavy atom. The first-order chi connectivity index (χ1) is 14.0. The van der Waals surface area contributed by atoms with Gasteiger partial charge in [-0.1, -0.05) is 30.3 Å². The number of carbonyl (C=O) groups excluding carboxylic acids is 1. The Morgan fingerprint density at radius 1 is 1.17 bits per heavy atom. The molecule has 0 saturated carbocycles. The molecule has 3 aliphatic heterocycles. The monoisotopic (exact) mass is 413 g/mol. The third kappa shape index (κ3) is 3.15. The highest BCUT2D eigenvalue weighted by Crippen LogP contribution is 2.46. The van der Waals surface area contributed by atoms with Crippen molar-refractivity contribution in [2.75, 3.05) is 26.2 Å². The Labute approximate surface area is 170 Å². The molecular weight excluding hydrogens is 390 g/mol. The van der Waals surface area contributed by atoms with Gasteiger partial charge in [0, 0.05) is 32.0 Å². The van der Waals surface area contributed by atoms with Crippen LogP contribution in [0.25, 0.3) is 0 Å². The molecule has 0 unspecified atom stereocenters. The highest BCUT2D eigenvalue weighted by atomic mass is 32.2. The highest BCUT2D eigenvalue weighted by Gasteiger charge is 2.65. The maximum absolute atomic E-state index is 13.2. The number of rotatable bonds is 4. The fourth-order valence-corrected chi connectivity index (χ4v) is 7.19. The van der Waals surface area contributed by atoms with Crippen molar-refractivity contribution in [1.82, 2.24) is 14.2 Å². The predicted octanol–water partition coefficient (Wildman–Crippen LogP) is 1.32. The van der Waals surface area contributed by atoms with E-state index in [1.165, 1.54) is 0 Å². The van der Waals surface area contributed by atoms with Gasteiger partial charge in [0.25, 0.3) is 5.91 Å². The topological polar surface area (TPSA) is 79.8 Å². The average molecular weight is 413 g/mol. The zero-order chi connectivity index (χ0) is 20.1. The lowest BCUT2D eigenvalue weighted by molar-refractivity contribution is -0.0976. The van der Waals surface area contributed by atoms with Gasteiger partial charge in [0.15, 0.2) is 0 Å². The Hall–Kier alpha value is -2.29. The standard InChI is InChI=1S/C21H23N3O4S/c25-20(17-7-4-9-22-12-17)23-13-18-11-19-21(14-23,28-18)15-24(29(19,26)27)10-8-16-5-2-1-3-6-16/h1-7,9,12,18-19H,8,10-11,13-15H2/t18-,19+,21+/m1/s1. The van der Waals surface area contributed by atoms with Crippen molar-refractivity contribution < 1.29 is 17.9 Å². The van der Waals surface area contributed by atoms with Crippen molar-refractivity contribution in [2.24, 2.45) is 0 Å². The summed E-state index contributed by atoms with van der Waals surface area (Å²) in [6.07, 6.45) is 4.04. The quantitative estimate of drug-likeness (QED) is 0.755. The molecule has 5 rings (SSSR count). The largest absolute Gasteiger partial charge is 0.365 e. The number of carbonyl (C=O) groups is 1. The summed E-state index contributed by atoms with van der Waals surface area (Å²) in [5, 5.41) is -0.581. The molecule has 1 aromatic heterocycles. The van der Waals surface area contributed by atoms with E-state index < -0.39 is 20.9 Å². The van der Waals surface area contributed by atoms with E-state index in [-0.39, 0.29) is 12.0 Å². The van der Waals surface area contributed by atoms with Crippen LogP contribution in [0.2, 0.25) is 0 Å². The summed E-state index contributed by atoms with van der Waals surface area (Å²) >= 11 is 0. The van der Waals surface area contributed by atoms with Crippen LogP contribution in [0, 0.1) is 0 Å². The molecule has 152 valence electrons. The van der Waals surface area contributed by atoms with Crippen LogP contribution >= 0.6 is 0 Å². The number of fused-ring (bicyclic) bond motifs is 1. The maximum Gasteiger partial charge on any atom is 0.255 e. The minimum absolute atomic E-state index is 0.119. The van der Waals surface area contributed by atoms with E-state index in [1.54, 1.807) is 33.7 Å². The lowest BCUT2D eigenvalue weighted by Gasteiger charge is -2.39. The van der Waals surface area contributed by atoms with Crippen molar-refractivity contribution in [3.05, 3.63) is 66.0 Å². The molecule has 0 radical (unpaired) electrons. The van der Waals surface area contributed by atoms with Gasteiger partial charge in [0.2, 0.25) is 10.0 Å². The Morgan fingerprint density at radius 3 is 2.76 bits per heavy atom. The Kier molecular flexibility index (Phi) is 4.45. The summed E-state index contributed by atoms with van der Waals surface area (Å²) < 4.78 is 34.2. The highest BCUT2D eigenvalue weighted by molar-refractivity contribution is 7.90. The molecule has 3 saturated heterocycles. The maximum atomic E-state index is 13.2. The first-order valence-electron chi connectivity index (χ1n) is 9.88. The van der Waals surface area contributed by atoms with Gasteiger partial charge < -0.3 is 9.64 Å². The van der Waals surface area contributed by atoms with Crippen LogP contribution in [0.5, 0.6) is 0 Å². The third-order valence-electron chi connectivity index (χ3n) is 6.20. The number of amides is 1. The molecule has 0 N–H and O–H groups in total. The predicted molar refractivity (Wildman–Crippen MR) is 107 cm³/mol. The van der Waals surface area contributed by atoms with Crippen molar-refractivity contribution in [2.45, 2.75) is 29.8 Å². The number of ether oxygens (including phenoxy) is 1. The van der Waals surface area contributed by atoms with Crippen LogP contribution < -0.4 is 0 Å². The molecule has 2 bridgehead atoms. The average Bonchev–Trinajstić information content (AvgIpc) is 3.12. The minimum atomic E-state index is -3.45. The normalized spacial score (nSPS) is 30.3. The van der Waals surface area contributed by atoms with Crippen LogP contribution in [-0.2, 0) is 21.2 Å². The van der Waals surface area contributed by atoms with Crippen LogP contribution in [0.3, 0.4) is 0 Å². The second-order valence-electron chi connectivity index (χ2n) is 8.07. The number of benzene rings is 1. The lowest BCUT2D eigenvalue weighted by atomic mass is 9.99. The van der Waals surface area contributed by atoms with Gasteiger partial charge >= 0.3 is 0 Å². The number of likely N-dealkylation sites (tertiary alicyclic amines) is 1. The molecule has 7 nitrogen and oxygen atoms in total. The van der Waals surface area contributed by atoms with E-state index in [9.17, 15) is 13.2 Å². The van der Waals surface area contributed by atoms with Crippen LogP contribution in [-0.4, -0.2) is 71.6 Å². The molecule has 0 aliphatic carbocycles. The smallest absolute Gasteiger partial charge is 0.255 e. The number of hydrogen-bond acceptors (Lipinski definition) is 5.